The molecule has 2 aromatic heterocycles. The number of ether oxygens (including phenoxy) is 2. The lowest BCUT2D eigenvalue weighted by molar-refractivity contribution is -0.140. The molecule has 2 rings (SSSR count). The van der Waals surface area contributed by atoms with Crippen LogP contribution in [0.4, 0.5) is 0 Å². The molecule has 0 saturated heterocycles. The molecule has 0 aliphatic heterocycles. The van der Waals surface area contributed by atoms with E-state index in [2.05, 4.69) is 0 Å². The fraction of sp³-hybridized carbons (Fsp3) is 0.444. The highest BCUT2D eigenvalue weighted by Crippen LogP contribution is 2.33. The average molecular weight is 365 g/mol. The van der Waals surface area contributed by atoms with Crippen molar-refractivity contribution in [3.05, 3.63) is 50.1 Å². The second-order valence-corrected chi connectivity index (χ2v) is 6.56. The molecule has 1 N–H and O–H groups in total. The molecule has 136 valence electrons. The van der Waals surface area contributed by atoms with Crippen LogP contribution in [0.25, 0.3) is 0 Å². The molecule has 6 nitrogen and oxygen atoms in total. The van der Waals surface area contributed by atoms with E-state index in [4.69, 9.17) is 9.47 Å². The lowest BCUT2D eigenvalue weighted by Crippen LogP contribution is -2.29. The van der Waals surface area contributed by atoms with E-state index in [1.807, 2.05) is 16.8 Å². The Kier molecular flexibility index (Phi) is 6.78. The molecule has 0 amide bonds. The van der Waals surface area contributed by atoms with Crippen LogP contribution < -0.4 is 5.56 Å². The highest BCUT2D eigenvalue weighted by atomic mass is 32.1. The second-order valence-electron chi connectivity index (χ2n) is 5.78. The zero-order valence-corrected chi connectivity index (χ0v) is 15.5. The highest BCUT2D eigenvalue weighted by Gasteiger charge is 2.26. The van der Waals surface area contributed by atoms with Gasteiger partial charge in [-0.2, -0.15) is 11.3 Å². The number of carbonyl (C=O) groups is 1. The number of carbonyl (C=O) groups excluding carboxylic acids is 1. The first-order valence-electron chi connectivity index (χ1n) is 8.00. The fourth-order valence-corrected chi connectivity index (χ4v) is 3.57. The summed E-state index contributed by atoms with van der Waals surface area (Å²) in [6.07, 6.45) is 0.679. The molecule has 1 atom stereocenters. The lowest BCUT2D eigenvalue weighted by Gasteiger charge is -2.19. The summed E-state index contributed by atoms with van der Waals surface area (Å²) in [5.41, 5.74) is 1.43. The number of hydrogen-bond donors (Lipinski definition) is 1. The standard InChI is InChI=1S/C18H23NO5S/c1-12-9-15(20)17(18(22)19(12)6-4-7-23-2)14(10-16(21)24-3)13-5-8-25-11-13/h5,8-9,11,14,20H,4,6-7,10H2,1-3H3. The predicted octanol–water partition coefficient (Wildman–Crippen LogP) is 2.66. The van der Waals surface area contributed by atoms with Gasteiger partial charge in [-0.25, -0.2) is 0 Å². The Morgan fingerprint density at radius 3 is 2.76 bits per heavy atom. The van der Waals surface area contributed by atoms with Gasteiger partial charge in [0.1, 0.15) is 5.75 Å². The zero-order chi connectivity index (χ0) is 18.4. The van der Waals surface area contributed by atoms with Crippen LogP contribution in [0.3, 0.4) is 0 Å². The third-order valence-electron chi connectivity index (χ3n) is 4.15. The minimum Gasteiger partial charge on any atom is -0.507 e. The molecule has 25 heavy (non-hydrogen) atoms. The van der Waals surface area contributed by atoms with Gasteiger partial charge in [-0.1, -0.05) is 0 Å². The molecule has 2 heterocycles. The van der Waals surface area contributed by atoms with Crippen LogP contribution in [0.2, 0.25) is 0 Å². The van der Waals surface area contributed by atoms with E-state index in [1.54, 1.807) is 24.7 Å². The molecule has 1 unspecified atom stereocenters. The minimum absolute atomic E-state index is 0.00281. The van der Waals surface area contributed by atoms with E-state index in [0.29, 0.717) is 25.3 Å². The quantitative estimate of drug-likeness (QED) is 0.575. The van der Waals surface area contributed by atoms with E-state index in [1.165, 1.54) is 18.4 Å². The number of hydrogen-bond acceptors (Lipinski definition) is 6. The van der Waals surface area contributed by atoms with Crippen molar-refractivity contribution in [3.63, 3.8) is 0 Å². The van der Waals surface area contributed by atoms with Gasteiger partial charge >= 0.3 is 5.97 Å². The minimum atomic E-state index is -0.541. The predicted molar refractivity (Wildman–Crippen MR) is 96.4 cm³/mol. The van der Waals surface area contributed by atoms with Crippen molar-refractivity contribution in [2.75, 3.05) is 20.8 Å². The van der Waals surface area contributed by atoms with Crippen LogP contribution in [0.15, 0.2) is 27.7 Å². The third-order valence-corrected chi connectivity index (χ3v) is 4.85. The molecule has 0 aliphatic carbocycles. The normalized spacial score (nSPS) is 12.1. The maximum absolute atomic E-state index is 13.0. The van der Waals surface area contributed by atoms with Crippen LogP contribution in [0, 0.1) is 6.92 Å². The van der Waals surface area contributed by atoms with Crippen molar-refractivity contribution in [1.29, 1.82) is 0 Å². The van der Waals surface area contributed by atoms with E-state index in [0.717, 1.165) is 5.56 Å². The van der Waals surface area contributed by atoms with Crippen LogP contribution in [-0.2, 0) is 20.8 Å². The van der Waals surface area contributed by atoms with Crippen molar-refractivity contribution >= 4 is 17.3 Å². The molecule has 7 heteroatoms. The third kappa shape index (κ3) is 4.49. The first kappa shape index (κ1) is 19.2. The Morgan fingerprint density at radius 2 is 2.16 bits per heavy atom. The van der Waals surface area contributed by atoms with Gasteiger partial charge in [0.2, 0.25) is 0 Å². The molecule has 0 bridgehead atoms. The first-order valence-corrected chi connectivity index (χ1v) is 8.95. The van der Waals surface area contributed by atoms with Gasteiger partial charge in [-0.05, 0) is 41.8 Å². The Hall–Kier alpha value is -2.12. The smallest absolute Gasteiger partial charge is 0.306 e. The molecule has 2 aromatic rings. The summed E-state index contributed by atoms with van der Waals surface area (Å²) >= 11 is 1.47. The summed E-state index contributed by atoms with van der Waals surface area (Å²) in [6, 6.07) is 3.42. The summed E-state index contributed by atoms with van der Waals surface area (Å²) < 4.78 is 11.4. The highest BCUT2D eigenvalue weighted by molar-refractivity contribution is 7.08. The number of rotatable bonds is 8. The van der Waals surface area contributed by atoms with Crippen molar-refractivity contribution in [2.45, 2.75) is 32.2 Å². The number of esters is 1. The van der Waals surface area contributed by atoms with Crippen molar-refractivity contribution in [2.24, 2.45) is 0 Å². The van der Waals surface area contributed by atoms with E-state index < -0.39 is 11.9 Å². The van der Waals surface area contributed by atoms with Crippen molar-refractivity contribution in [3.8, 4) is 5.75 Å². The number of aryl methyl sites for hydroxylation is 1. The summed E-state index contributed by atoms with van der Waals surface area (Å²) in [5, 5.41) is 14.2. The number of pyridine rings is 1. The number of aromatic hydroxyl groups is 1. The van der Waals surface area contributed by atoms with Crippen molar-refractivity contribution in [1.82, 2.24) is 4.57 Å². The van der Waals surface area contributed by atoms with Crippen LogP contribution in [0.1, 0.15) is 35.6 Å². The Morgan fingerprint density at radius 1 is 1.40 bits per heavy atom. The van der Waals surface area contributed by atoms with Gasteiger partial charge in [0.05, 0.1) is 19.1 Å². The molecule has 0 spiro atoms. The van der Waals surface area contributed by atoms with Gasteiger partial charge in [0.15, 0.2) is 0 Å². The lowest BCUT2D eigenvalue weighted by atomic mass is 9.90. The van der Waals surface area contributed by atoms with Crippen LogP contribution >= 0.6 is 11.3 Å². The topological polar surface area (TPSA) is 77.8 Å². The molecule has 0 radical (unpaired) electrons. The Bertz CT molecular complexity index is 767. The summed E-state index contributed by atoms with van der Waals surface area (Å²) in [6.45, 7) is 2.80. The van der Waals surface area contributed by atoms with E-state index in [9.17, 15) is 14.7 Å². The number of thiophene rings is 1. The van der Waals surface area contributed by atoms with E-state index >= 15 is 0 Å². The van der Waals surface area contributed by atoms with Crippen LogP contribution in [-0.4, -0.2) is 36.5 Å². The van der Waals surface area contributed by atoms with Gasteiger partial charge in [0, 0.05) is 31.9 Å². The maximum atomic E-state index is 13.0. The number of nitrogens with zero attached hydrogens (tertiary/aromatic N) is 1. The molecule has 0 fully saturated rings. The van der Waals surface area contributed by atoms with Gasteiger partial charge in [0.25, 0.3) is 5.56 Å². The van der Waals surface area contributed by atoms with E-state index in [-0.39, 0.29) is 23.3 Å². The Labute approximate surface area is 150 Å². The molecular formula is C18H23NO5S. The maximum Gasteiger partial charge on any atom is 0.306 e. The molecule has 0 aromatic carbocycles. The molecule has 0 aliphatic rings. The SMILES string of the molecule is COCCCn1c(C)cc(O)c(C(CC(=O)OC)c2ccsc2)c1=O. The number of methoxy groups -OCH3 is 2. The fourth-order valence-electron chi connectivity index (χ4n) is 2.85. The van der Waals surface area contributed by atoms with Gasteiger partial charge in [-0.3, -0.25) is 9.59 Å². The summed E-state index contributed by atoms with van der Waals surface area (Å²) in [7, 11) is 2.92. The summed E-state index contributed by atoms with van der Waals surface area (Å²) in [4.78, 5) is 24.9. The van der Waals surface area contributed by atoms with Crippen LogP contribution in [0.5, 0.6) is 5.75 Å². The summed E-state index contributed by atoms with van der Waals surface area (Å²) in [5.74, 6) is -1.06. The monoisotopic (exact) mass is 365 g/mol. The number of aromatic nitrogens is 1. The zero-order valence-electron chi connectivity index (χ0n) is 14.7. The first-order chi connectivity index (χ1) is 12.0. The van der Waals surface area contributed by atoms with Gasteiger partial charge in [-0.15, -0.1) is 0 Å². The largest absolute Gasteiger partial charge is 0.507 e. The molecule has 0 saturated carbocycles. The average Bonchev–Trinajstić information content (AvgIpc) is 3.10. The Balaban J connectivity index is 2.51. The van der Waals surface area contributed by atoms with Gasteiger partial charge < -0.3 is 19.1 Å². The van der Waals surface area contributed by atoms with Crippen molar-refractivity contribution < 1.29 is 19.4 Å². The second kappa shape index (κ2) is 8.82. The molecular weight excluding hydrogens is 342 g/mol.